The molecule has 0 saturated carbocycles. The van der Waals surface area contributed by atoms with Crippen LogP contribution in [0, 0.1) is 6.92 Å². The standard InChI is InChI=1S/C12H19NO3S/c1-11-4-2-3-5-12(11)10-17(14,15)9-8-16-7-6-13/h2-5H,6-10,13H2,1H3. The Kier molecular flexibility index (Phi) is 5.61. The highest BCUT2D eigenvalue weighted by atomic mass is 32.2. The minimum atomic E-state index is -3.10. The molecule has 0 amide bonds. The van der Waals surface area contributed by atoms with Gasteiger partial charge < -0.3 is 10.5 Å². The lowest BCUT2D eigenvalue weighted by Crippen LogP contribution is -2.17. The Bertz CT molecular complexity index is 443. The highest BCUT2D eigenvalue weighted by molar-refractivity contribution is 7.90. The number of hydrogen-bond acceptors (Lipinski definition) is 4. The first-order chi connectivity index (χ1) is 8.05. The first-order valence-electron chi connectivity index (χ1n) is 5.58. The van der Waals surface area contributed by atoms with Crippen LogP contribution >= 0.6 is 0 Å². The number of aryl methyl sites for hydroxylation is 1. The highest BCUT2D eigenvalue weighted by Gasteiger charge is 2.12. The molecule has 0 spiro atoms. The van der Waals surface area contributed by atoms with Crippen LogP contribution in [0.3, 0.4) is 0 Å². The molecule has 0 aromatic heterocycles. The second-order valence-electron chi connectivity index (χ2n) is 3.92. The molecule has 17 heavy (non-hydrogen) atoms. The molecule has 1 rings (SSSR count). The molecule has 0 aliphatic heterocycles. The third-order valence-corrected chi connectivity index (χ3v) is 3.98. The Hall–Kier alpha value is -0.910. The number of hydrogen-bond donors (Lipinski definition) is 1. The van der Waals surface area contributed by atoms with E-state index >= 15 is 0 Å². The summed E-state index contributed by atoms with van der Waals surface area (Å²) in [5, 5.41) is 0. The topological polar surface area (TPSA) is 69.4 Å². The van der Waals surface area contributed by atoms with Gasteiger partial charge in [0, 0.05) is 6.54 Å². The van der Waals surface area contributed by atoms with Crippen molar-refractivity contribution >= 4 is 9.84 Å². The molecule has 0 heterocycles. The van der Waals surface area contributed by atoms with Crippen molar-refractivity contribution in [3.8, 4) is 0 Å². The summed E-state index contributed by atoms with van der Waals surface area (Å²) in [4.78, 5) is 0. The first kappa shape index (κ1) is 14.2. The van der Waals surface area contributed by atoms with Gasteiger partial charge in [0.2, 0.25) is 0 Å². The van der Waals surface area contributed by atoms with Crippen LogP contribution in [0.15, 0.2) is 24.3 Å². The zero-order valence-corrected chi connectivity index (χ0v) is 10.9. The van der Waals surface area contributed by atoms with Crippen molar-refractivity contribution in [2.24, 2.45) is 5.73 Å². The van der Waals surface area contributed by atoms with Crippen molar-refractivity contribution in [3.63, 3.8) is 0 Å². The summed E-state index contributed by atoms with van der Waals surface area (Å²) in [7, 11) is -3.10. The van der Waals surface area contributed by atoms with Gasteiger partial charge in [0.15, 0.2) is 9.84 Å². The molecule has 2 N–H and O–H groups in total. The maximum absolute atomic E-state index is 11.8. The molecule has 0 bridgehead atoms. The summed E-state index contributed by atoms with van der Waals surface area (Å²) in [5.74, 6) is 0.118. The molecule has 0 aliphatic rings. The Morgan fingerprint density at radius 3 is 2.59 bits per heavy atom. The molecule has 0 saturated heterocycles. The van der Waals surface area contributed by atoms with Crippen molar-refractivity contribution < 1.29 is 13.2 Å². The van der Waals surface area contributed by atoms with Crippen LogP contribution in [0.25, 0.3) is 0 Å². The van der Waals surface area contributed by atoms with Gasteiger partial charge in [-0.2, -0.15) is 0 Å². The fourth-order valence-corrected chi connectivity index (χ4v) is 2.77. The summed E-state index contributed by atoms with van der Waals surface area (Å²) in [6.07, 6.45) is 0. The van der Waals surface area contributed by atoms with Crippen LogP contribution in [-0.2, 0) is 20.3 Å². The quantitative estimate of drug-likeness (QED) is 0.736. The van der Waals surface area contributed by atoms with E-state index in [9.17, 15) is 8.42 Å². The summed E-state index contributed by atoms with van der Waals surface area (Å²) >= 11 is 0. The number of benzene rings is 1. The van der Waals surface area contributed by atoms with E-state index in [2.05, 4.69) is 0 Å². The summed E-state index contributed by atoms with van der Waals surface area (Å²) < 4.78 is 28.7. The average molecular weight is 257 g/mol. The average Bonchev–Trinajstić information content (AvgIpc) is 2.28. The van der Waals surface area contributed by atoms with Gasteiger partial charge in [-0.3, -0.25) is 0 Å². The first-order valence-corrected chi connectivity index (χ1v) is 7.40. The van der Waals surface area contributed by atoms with E-state index in [4.69, 9.17) is 10.5 Å². The van der Waals surface area contributed by atoms with E-state index < -0.39 is 9.84 Å². The van der Waals surface area contributed by atoms with Gasteiger partial charge >= 0.3 is 0 Å². The molecule has 0 radical (unpaired) electrons. The van der Waals surface area contributed by atoms with Crippen molar-refractivity contribution in [3.05, 3.63) is 35.4 Å². The second-order valence-corrected chi connectivity index (χ2v) is 6.10. The van der Waals surface area contributed by atoms with Gasteiger partial charge in [0.1, 0.15) is 0 Å². The molecule has 0 aliphatic carbocycles. The Morgan fingerprint density at radius 1 is 1.24 bits per heavy atom. The Balaban J connectivity index is 2.52. The van der Waals surface area contributed by atoms with Crippen LogP contribution in [-0.4, -0.2) is 33.9 Å². The lowest BCUT2D eigenvalue weighted by molar-refractivity contribution is 0.157. The fraction of sp³-hybridized carbons (Fsp3) is 0.500. The van der Waals surface area contributed by atoms with E-state index in [1.165, 1.54) is 0 Å². The Morgan fingerprint density at radius 2 is 1.94 bits per heavy atom. The van der Waals surface area contributed by atoms with Crippen LogP contribution in [0.4, 0.5) is 0 Å². The summed E-state index contributed by atoms with van der Waals surface area (Å²) in [5.41, 5.74) is 7.10. The smallest absolute Gasteiger partial charge is 0.156 e. The van der Waals surface area contributed by atoms with Crippen LogP contribution in [0.2, 0.25) is 0 Å². The van der Waals surface area contributed by atoms with E-state index in [0.29, 0.717) is 13.2 Å². The summed E-state index contributed by atoms with van der Waals surface area (Å²) in [6.45, 7) is 2.94. The molecular weight excluding hydrogens is 238 g/mol. The number of rotatable bonds is 7. The molecule has 4 nitrogen and oxygen atoms in total. The van der Waals surface area contributed by atoms with Crippen LogP contribution in [0.5, 0.6) is 0 Å². The number of ether oxygens (including phenoxy) is 1. The maximum atomic E-state index is 11.8. The third-order valence-electron chi connectivity index (χ3n) is 2.44. The zero-order chi connectivity index (χ0) is 12.7. The minimum Gasteiger partial charge on any atom is -0.379 e. The normalized spacial score (nSPS) is 11.6. The fourth-order valence-electron chi connectivity index (χ4n) is 1.45. The van der Waals surface area contributed by atoms with E-state index in [1.807, 2.05) is 31.2 Å². The molecule has 96 valence electrons. The summed E-state index contributed by atoms with van der Waals surface area (Å²) in [6, 6.07) is 7.50. The molecule has 1 aromatic carbocycles. The molecule has 0 atom stereocenters. The van der Waals surface area contributed by atoms with Gasteiger partial charge in [0.25, 0.3) is 0 Å². The SMILES string of the molecule is Cc1ccccc1CS(=O)(=O)CCOCCN. The molecular formula is C12H19NO3S. The van der Waals surface area contributed by atoms with E-state index in [-0.39, 0.29) is 18.1 Å². The van der Waals surface area contributed by atoms with Gasteiger partial charge in [-0.1, -0.05) is 24.3 Å². The molecule has 1 aromatic rings. The van der Waals surface area contributed by atoms with Crippen molar-refractivity contribution in [2.75, 3.05) is 25.5 Å². The molecule has 0 fully saturated rings. The van der Waals surface area contributed by atoms with Crippen molar-refractivity contribution in [1.29, 1.82) is 0 Å². The lowest BCUT2D eigenvalue weighted by atomic mass is 10.1. The van der Waals surface area contributed by atoms with Gasteiger partial charge in [-0.25, -0.2) is 8.42 Å². The Labute approximate surface area is 103 Å². The monoisotopic (exact) mass is 257 g/mol. The maximum Gasteiger partial charge on any atom is 0.156 e. The van der Waals surface area contributed by atoms with Gasteiger partial charge in [-0.15, -0.1) is 0 Å². The van der Waals surface area contributed by atoms with E-state index in [0.717, 1.165) is 11.1 Å². The minimum absolute atomic E-state index is 0.0430. The van der Waals surface area contributed by atoms with Crippen LogP contribution < -0.4 is 5.73 Å². The van der Waals surface area contributed by atoms with Crippen molar-refractivity contribution in [2.45, 2.75) is 12.7 Å². The van der Waals surface area contributed by atoms with E-state index in [1.54, 1.807) is 0 Å². The predicted octanol–water partition coefficient (Wildman–Crippen LogP) is 0.885. The second kappa shape index (κ2) is 6.74. The van der Waals surface area contributed by atoms with Crippen LogP contribution in [0.1, 0.15) is 11.1 Å². The zero-order valence-electron chi connectivity index (χ0n) is 10.1. The third kappa shape index (κ3) is 5.30. The van der Waals surface area contributed by atoms with Gasteiger partial charge in [0.05, 0.1) is 24.7 Å². The molecule has 0 unspecified atom stereocenters. The predicted molar refractivity (Wildman–Crippen MR) is 68.5 cm³/mol. The lowest BCUT2D eigenvalue weighted by Gasteiger charge is -2.07. The van der Waals surface area contributed by atoms with Crippen molar-refractivity contribution in [1.82, 2.24) is 0 Å². The number of nitrogens with two attached hydrogens (primary N) is 1. The largest absolute Gasteiger partial charge is 0.379 e. The molecule has 5 heteroatoms. The highest BCUT2D eigenvalue weighted by Crippen LogP contribution is 2.11. The van der Waals surface area contributed by atoms with Gasteiger partial charge in [-0.05, 0) is 18.1 Å². The number of sulfone groups is 1.